The number of nitrogens with one attached hydrogen (secondary N) is 1. The van der Waals surface area contributed by atoms with Crippen LogP contribution in [0, 0.1) is 0 Å². The van der Waals surface area contributed by atoms with Crippen LogP contribution in [0.15, 0.2) is 36.5 Å². The lowest BCUT2D eigenvalue weighted by atomic mass is 10.1. The number of rotatable bonds is 37. The first-order chi connectivity index (χ1) is 24.2. The van der Waals surface area contributed by atoms with Crippen LogP contribution in [-0.2, 0) is 14.9 Å². The van der Waals surface area contributed by atoms with E-state index in [0.29, 0.717) is 12.8 Å². The Balaban J connectivity index is 4.10. The number of aliphatic hydroxyl groups is 2. The molecule has 0 aliphatic rings. The van der Waals surface area contributed by atoms with E-state index in [0.717, 1.165) is 44.9 Å². The molecule has 1 amide bonds. The highest BCUT2D eigenvalue weighted by Crippen LogP contribution is 2.14. The lowest BCUT2D eigenvalue weighted by molar-refractivity contribution is -0.130. The van der Waals surface area contributed by atoms with Crippen LogP contribution in [0.4, 0.5) is 0 Å². The molecule has 0 radical (unpaired) electrons. The number of allylic oxidation sites excluding steroid dienone is 5. The lowest BCUT2D eigenvalue weighted by Crippen LogP contribution is -2.50. The molecule has 0 aliphatic carbocycles. The fraction of sp³-hybridized carbons (Fsp3) is 0.833. The first kappa shape index (κ1) is 48.5. The van der Waals surface area contributed by atoms with Crippen molar-refractivity contribution in [2.75, 3.05) is 5.75 Å². The quantitative estimate of drug-likeness (QED) is 0.0287. The molecule has 0 saturated carbocycles. The van der Waals surface area contributed by atoms with Gasteiger partial charge in [0.1, 0.15) is 6.10 Å². The largest absolute Gasteiger partial charge is 0.387 e. The summed E-state index contributed by atoms with van der Waals surface area (Å²) in [5.41, 5.74) is 0. The molecule has 0 saturated heterocycles. The summed E-state index contributed by atoms with van der Waals surface area (Å²) >= 11 is 0. The van der Waals surface area contributed by atoms with Gasteiger partial charge in [-0.15, -0.1) is 0 Å². The van der Waals surface area contributed by atoms with Crippen LogP contribution >= 0.6 is 0 Å². The second-order valence-electron chi connectivity index (χ2n) is 14.4. The summed E-state index contributed by atoms with van der Waals surface area (Å²) in [7, 11) is -4.45. The maximum Gasteiger partial charge on any atom is 0.267 e. The monoisotopic (exact) mass is 726 g/mol. The van der Waals surface area contributed by atoms with Gasteiger partial charge in [-0.25, -0.2) is 0 Å². The van der Waals surface area contributed by atoms with Crippen LogP contribution in [-0.4, -0.2) is 53.1 Å². The fourth-order valence-corrected chi connectivity index (χ4v) is 6.91. The van der Waals surface area contributed by atoms with Crippen LogP contribution in [0.3, 0.4) is 0 Å². The predicted octanol–water partition coefficient (Wildman–Crippen LogP) is 11.1. The van der Waals surface area contributed by atoms with Gasteiger partial charge in [-0.1, -0.05) is 179 Å². The molecule has 294 valence electrons. The summed E-state index contributed by atoms with van der Waals surface area (Å²) in [4.78, 5) is 12.6. The van der Waals surface area contributed by atoms with Gasteiger partial charge in [-0.3, -0.25) is 9.35 Å². The molecule has 0 aliphatic heterocycles. The van der Waals surface area contributed by atoms with Crippen molar-refractivity contribution in [2.45, 2.75) is 218 Å². The Morgan fingerprint density at radius 3 is 1.32 bits per heavy atom. The zero-order valence-corrected chi connectivity index (χ0v) is 33.2. The van der Waals surface area contributed by atoms with Gasteiger partial charge >= 0.3 is 0 Å². The average molecular weight is 726 g/mol. The van der Waals surface area contributed by atoms with Gasteiger partial charge in [-0.05, 0) is 57.8 Å². The van der Waals surface area contributed by atoms with Gasteiger partial charge in [0.15, 0.2) is 0 Å². The topological polar surface area (TPSA) is 124 Å². The van der Waals surface area contributed by atoms with Gasteiger partial charge in [0.2, 0.25) is 5.91 Å². The van der Waals surface area contributed by atoms with Crippen molar-refractivity contribution in [1.82, 2.24) is 5.32 Å². The van der Waals surface area contributed by atoms with Gasteiger partial charge in [0.05, 0.1) is 17.9 Å². The van der Waals surface area contributed by atoms with Crippen molar-refractivity contribution in [1.29, 1.82) is 0 Å². The highest BCUT2D eigenvalue weighted by atomic mass is 32.2. The molecule has 4 N–H and O–H groups in total. The molecule has 0 spiro atoms. The molecule has 3 atom stereocenters. The van der Waals surface area contributed by atoms with Crippen molar-refractivity contribution < 1.29 is 28.0 Å². The number of carbonyl (C=O) groups excluding carboxylic acids is 1. The Morgan fingerprint density at radius 2 is 0.900 bits per heavy atom. The molecule has 7 nitrogen and oxygen atoms in total. The molecular weight excluding hydrogens is 647 g/mol. The molecular formula is C42H79NO6S. The highest BCUT2D eigenvalue weighted by molar-refractivity contribution is 7.85. The van der Waals surface area contributed by atoms with Crippen LogP contribution in [0.2, 0.25) is 0 Å². The number of carbonyl (C=O) groups is 1. The average Bonchev–Trinajstić information content (AvgIpc) is 3.08. The van der Waals surface area contributed by atoms with E-state index in [4.69, 9.17) is 0 Å². The third kappa shape index (κ3) is 34.9. The van der Waals surface area contributed by atoms with E-state index in [1.54, 1.807) is 6.08 Å². The minimum atomic E-state index is -4.45. The van der Waals surface area contributed by atoms with E-state index in [-0.39, 0.29) is 6.42 Å². The third-order valence-electron chi connectivity index (χ3n) is 9.40. The van der Waals surface area contributed by atoms with Crippen molar-refractivity contribution in [3.8, 4) is 0 Å². The highest BCUT2D eigenvalue weighted by Gasteiger charge is 2.27. The van der Waals surface area contributed by atoms with Crippen molar-refractivity contribution >= 4 is 16.0 Å². The molecule has 0 heterocycles. The zero-order chi connectivity index (χ0) is 37.0. The predicted molar refractivity (Wildman–Crippen MR) is 213 cm³/mol. The SMILES string of the molecule is CCCCCCCCCCC/C=C\CCCCCCC(O)C(=O)NC(CS(=O)(=O)O)C(O)/C=C/CC/C=C/CCCCCCCCCCCC. The number of amides is 1. The Kier molecular flexibility index (Phi) is 34.8. The van der Waals surface area contributed by atoms with E-state index in [1.807, 2.05) is 0 Å². The van der Waals surface area contributed by atoms with Crippen molar-refractivity contribution in [3.05, 3.63) is 36.5 Å². The normalized spacial score (nSPS) is 14.3. The van der Waals surface area contributed by atoms with Crippen LogP contribution < -0.4 is 5.32 Å². The molecule has 8 heteroatoms. The van der Waals surface area contributed by atoms with E-state index < -0.39 is 40.0 Å². The smallest absolute Gasteiger partial charge is 0.267 e. The Morgan fingerprint density at radius 1 is 0.540 bits per heavy atom. The molecule has 3 unspecified atom stereocenters. The van der Waals surface area contributed by atoms with Gasteiger partial charge < -0.3 is 15.5 Å². The van der Waals surface area contributed by atoms with Crippen LogP contribution in [0.25, 0.3) is 0 Å². The number of hydrogen-bond acceptors (Lipinski definition) is 5. The molecule has 0 aromatic rings. The number of unbranched alkanes of at least 4 members (excludes halogenated alkanes) is 24. The molecule has 0 aromatic carbocycles. The Bertz CT molecular complexity index is 948. The summed E-state index contributed by atoms with van der Waals surface area (Å²) < 4.78 is 32.5. The van der Waals surface area contributed by atoms with E-state index >= 15 is 0 Å². The van der Waals surface area contributed by atoms with Gasteiger partial charge in [0, 0.05) is 0 Å². The van der Waals surface area contributed by atoms with Gasteiger partial charge in [0.25, 0.3) is 10.1 Å². The molecule has 0 aromatic heterocycles. The summed E-state index contributed by atoms with van der Waals surface area (Å²) in [6.07, 6.45) is 43.4. The zero-order valence-electron chi connectivity index (χ0n) is 32.4. The van der Waals surface area contributed by atoms with Crippen LogP contribution in [0.5, 0.6) is 0 Å². The molecule has 0 rings (SSSR count). The number of aliphatic hydroxyl groups excluding tert-OH is 2. The van der Waals surface area contributed by atoms with E-state index in [9.17, 15) is 28.0 Å². The standard InChI is InChI=1S/C42H79NO6S/c1-3-5-7-9-11-13-15-17-19-21-23-25-27-29-31-33-35-37-41(45)42(46)43-39(38-50(47,48)49)40(44)36-34-32-30-28-26-24-22-20-18-16-14-12-10-8-6-4-2/h23,25-26,28,34,36,39-41,44-45H,3-22,24,27,29-33,35,37-38H2,1-2H3,(H,43,46)(H,47,48,49)/b25-23-,28-26+,36-34+. The van der Waals surface area contributed by atoms with Gasteiger partial charge in [-0.2, -0.15) is 8.42 Å². The minimum Gasteiger partial charge on any atom is -0.387 e. The first-order valence-electron chi connectivity index (χ1n) is 20.8. The minimum absolute atomic E-state index is 0.260. The Hall–Kier alpha value is -1.48. The molecule has 0 bridgehead atoms. The number of hydrogen-bond donors (Lipinski definition) is 4. The fourth-order valence-electron chi connectivity index (χ4n) is 6.17. The van der Waals surface area contributed by atoms with Crippen molar-refractivity contribution in [3.63, 3.8) is 0 Å². The summed E-state index contributed by atoms with van der Waals surface area (Å²) in [5.74, 6) is -1.57. The summed E-state index contributed by atoms with van der Waals surface area (Å²) in [6, 6.07) is -1.25. The van der Waals surface area contributed by atoms with Crippen molar-refractivity contribution in [2.24, 2.45) is 0 Å². The van der Waals surface area contributed by atoms with Crippen LogP contribution in [0.1, 0.15) is 200 Å². The maximum absolute atomic E-state index is 12.6. The molecule has 50 heavy (non-hydrogen) atoms. The molecule has 0 fully saturated rings. The Labute approximate surface area is 309 Å². The summed E-state index contributed by atoms with van der Waals surface area (Å²) in [5, 5.41) is 23.4. The first-order valence-corrected chi connectivity index (χ1v) is 22.4. The second kappa shape index (κ2) is 35.9. The lowest BCUT2D eigenvalue weighted by Gasteiger charge is -2.22. The maximum atomic E-state index is 12.6. The van der Waals surface area contributed by atoms with E-state index in [1.165, 1.54) is 128 Å². The summed E-state index contributed by atoms with van der Waals surface area (Å²) in [6.45, 7) is 4.51. The second-order valence-corrected chi connectivity index (χ2v) is 15.9. The van der Waals surface area contributed by atoms with E-state index in [2.05, 4.69) is 43.5 Å². The third-order valence-corrected chi connectivity index (χ3v) is 10.2.